The summed E-state index contributed by atoms with van der Waals surface area (Å²) in [5.41, 5.74) is 1.03. The minimum Gasteiger partial charge on any atom is -0.350 e. The average molecular weight is 372 g/mol. The van der Waals surface area contributed by atoms with E-state index in [-0.39, 0.29) is 36.0 Å². The first kappa shape index (κ1) is 19.0. The summed E-state index contributed by atoms with van der Waals surface area (Å²) in [4.78, 5) is 39.1. The smallest absolute Gasteiger partial charge is 0.258 e. The van der Waals surface area contributed by atoms with Gasteiger partial charge in [0.2, 0.25) is 5.43 Å². The molecule has 0 aromatic heterocycles. The molecule has 140 valence electrons. The molecule has 0 radical (unpaired) electrons. The molecule has 0 fully saturated rings. The van der Waals surface area contributed by atoms with Crippen molar-refractivity contribution in [1.29, 1.82) is 0 Å². The largest absolute Gasteiger partial charge is 0.350 e. The highest BCUT2D eigenvalue weighted by Crippen LogP contribution is 2.12. The second-order valence-corrected chi connectivity index (χ2v) is 6.10. The van der Waals surface area contributed by atoms with E-state index in [1.807, 2.05) is 12.1 Å². The van der Waals surface area contributed by atoms with Crippen molar-refractivity contribution in [3.05, 3.63) is 112 Å². The lowest BCUT2D eigenvalue weighted by Gasteiger charge is -2.22. The van der Waals surface area contributed by atoms with Gasteiger partial charge >= 0.3 is 0 Å². The van der Waals surface area contributed by atoms with Crippen LogP contribution in [0.15, 0.2) is 95.8 Å². The molecule has 3 aromatic rings. The number of hydrogen-bond donors (Lipinski definition) is 1. The van der Waals surface area contributed by atoms with Crippen molar-refractivity contribution < 1.29 is 9.59 Å². The highest BCUT2D eigenvalue weighted by Gasteiger charge is 2.19. The van der Waals surface area contributed by atoms with E-state index >= 15 is 0 Å². The van der Waals surface area contributed by atoms with Crippen LogP contribution in [0.4, 0.5) is 5.69 Å². The second kappa shape index (κ2) is 9.28. The third-order valence-corrected chi connectivity index (χ3v) is 4.19. The Bertz CT molecular complexity index is 1000. The zero-order valence-electron chi connectivity index (χ0n) is 15.2. The molecule has 0 atom stereocenters. The summed E-state index contributed by atoms with van der Waals surface area (Å²) in [5.74, 6) is -0.522. The van der Waals surface area contributed by atoms with Gasteiger partial charge in [-0.1, -0.05) is 54.6 Å². The van der Waals surface area contributed by atoms with E-state index in [4.69, 9.17) is 0 Å². The van der Waals surface area contributed by atoms with E-state index in [2.05, 4.69) is 5.32 Å². The summed E-state index contributed by atoms with van der Waals surface area (Å²) in [6, 6.07) is 25.7. The van der Waals surface area contributed by atoms with Crippen LogP contribution in [0, 0.1) is 0 Å². The summed E-state index contributed by atoms with van der Waals surface area (Å²) in [7, 11) is 0. The molecule has 5 heteroatoms. The molecule has 0 aliphatic rings. The summed E-state index contributed by atoms with van der Waals surface area (Å²) < 4.78 is 0. The fourth-order valence-electron chi connectivity index (χ4n) is 2.79. The lowest BCUT2D eigenvalue weighted by Crippen LogP contribution is -2.40. The van der Waals surface area contributed by atoms with Crippen LogP contribution < -0.4 is 15.6 Å². The summed E-state index contributed by atoms with van der Waals surface area (Å²) in [5, 5.41) is 2.80. The van der Waals surface area contributed by atoms with Crippen LogP contribution in [0.2, 0.25) is 0 Å². The highest BCUT2D eigenvalue weighted by atomic mass is 16.2. The second-order valence-electron chi connectivity index (χ2n) is 6.10. The van der Waals surface area contributed by atoms with E-state index in [1.54, 1.807) is 72.8 Å². The summed E-state index contributed by atoms with van der Waals surface area (Å²) in [6.45, 7) is 0.385. The van der Waals surface area contributed by atoms with E-state index in [9.17, 15) is 14.4 Å². The van der Waals surface area contributed by atoms with Gasteiger partial charge < -0.3 is 10.2 Å². The maximum atomic E-state index is 13.0. The fourth-order valence-corrected chi connectivity index (χ4v) is 2.79. The van der Waals surface area contributed by atoms with Crippen molar-refractivity contribution in [3.8, 4) is 0 Å². The molecule has 0 aliphatic carbocycles. The first-order chi connectivity index (χ1) is 13.7. The molecule has 3 rings (SSSR count). The molecule has 28 heavy (non-hydrogen) atoms. The topological polar surface area (TPSA) is 66.5 Å². The molecule has 0 spiro atoms. The van der Waals surface area contributed by atoms with Gasteiger partial charge in [0, 0.05) is 24.2 Å². The molecule has 0 heterocycles. The maximum absolute atomic E-state index is 13.0. The molecule has 1 N–H and O–H groups in total. The minimum absolute atomic E-state index is 0.172. The Balaban J connectivity index is 1.81. The number of rotatable bonds is 6. The minimum atomic E-state index is -0.294. The average Bonchev–Trinajstić information content (AvgIpc) is 2.96. The van der Waals surface area contributed by atoms with E-state index < -0.39 is 0 Å². The van der Waals surface area contributed by atoms with Gasteiger partial charge in [-0.15, -0.1) is 0 Å². The number of anilines is 1. The Morgan fingerprint density at radius 3 is 1.89 bits per heavy atom. The Morgan fingerprint density at radius 1 is 0.714 bits per heavy atom. The van der Waals surface area contributed by atoms with Crippen molar-refractivity contribution in [2.24, 2.45) is 0 Å². The van der Waals surface area contributed by atoms with Gasteiger partial charge in [0.25, 0.3) is 11.8 Å². The number of nitrogens with zero attached hydrogens (tertiary/aromatic N) is 1. The van der Waals surface area contributed by atoms with Crippen molar-refractivity contribution in [2.45, 2.75) is 0 Å². The Kier molecular flexibility index (Phi) is 6.31. The van der Waals surface area contributed by atoms with Crippen LogP contribution in [0.3, 0.4) is 0 Å². The summed E-state index contributed by atoms with van der Waals surface area (Å²) in [6.07, 6.45) is 0. The van der Waals surface area contributed by atoms with Crippen LogP contribution in [-0.2, 0) is 0 Å². The molecule has 3 aromatic carbocycles. The monoisotopic (exact) mass is 372 g/mol. The molecular weight excluding hydrogens is 352 g/mol. The van der Waals surface area contributed by atoms with Gasteiger partial charge in [0.05, 0.1) is 5.69 Å². The predicted molar refractivity (Wildman–Crippen MR) is 110 cm³/mol. The number of hydrogen-bond acceptors (Lipinski definition) is 3. The Hall–Kier alpha value is -3.73. The van der Waals surface area contributed by atoms with E-state index in [0.717, 1.165) is 0 Å². The Labute approximate surface area is 163 Å². The number of carbonyl (C=O) groups is 2. The van der Waals surface area contributed by atoms with Crippen LogP contribution in [0.25, 0.3) is 0 Å². The SMILES string of the molecule is O=C(NCCN(C(=O)c1ccccc1)c1cccccc1=O)c1ccccc1. The highest BCUT2D eigenvalue weighted by molar-refractivity contribution is 6.06. The molecular formula is C23H20N2O3. The van der Waals surface area contributed by atoms with Crippen LogP contribution in [0.5, 0.6) is 0 Å². The molecule has 0 bridgehead atoms. The van der Waals surface area contributed by atoms with Crippen molar-refractivity contribution in [2.75, 3.05) is 18.0 Å². The zero-order chi connectivity index (χ0) is 19.8. The number of carbonyl (C=O) groups excluding carboxylic acids is 2. The van der Waals surface area contributed by atoms with Gasteiger partial charge in [-0.3, -0.25) is 14.4 Å². The van der Waals surface area contributed by atoms with Gasteiger partial charge in [-0.25, -0.2) is 0 Å². The van der Waals surface area contributed by atoms with Crippen molar-refractivity contribution >= 4 is 17.5 Å². The zero-order valence-corrected chi connectivity index (χ0v) is 15.2. The number of nitrogens with one attached hydrogen (secondary N) is 1. The first-order valence-corrected chi connectivity index (χ1v) is 8.96. The number of amides is 2. The molecule has 0 saturated carbocycles. The van der Waals surface area contributed by atoms with E-state index in [1.165, 1.54) is 11.0 Å². The van der Waals surface area contributed by atoms with Gasteiger partial charge in [0.15, 0.2) is 0 Å². The molecule has 5 nitrogen and oxygen atoms in total. The number of benzene rings is 2. The van der Waals surface area contributed by atoms with E-state index in [0.29, 0.717) is 11.1 Å². The third-order valence-electron chi connectivity index (χ3n) is 4.19. The normalized spacial score (nSPS) is 10.1. The Morgan fingerprint density at radius 2 is 1.25 bits per heavy atom. The predicted octanol–water partition coefficient (Wildman–Crippen LogP) is 3.12. The van der Waals surface area contributed by atoms with Gasteiger partial charge in [-0.05, 0) is 36.4 Å². The van der Waals surface area contributed by atoms with Gasteiger partial charge in [-0.2, -0.15) is 0 Å². The van der Waals surface area contributed by atoms with Gasteiger partial charge in [0.1, 0.15) is 0 Å². The fraction of sp³-hybridized carbons (Fsp3) is 0.0870. The quantitative estimate of drug-likeness (QED) is 0.723. The lowest BCUT2D eigenvalue weighted by atomic mass is 10.2. The molecule has 0 saturated heterocycles. The summed E-state index contributed by atoms with van der Waals surface area (Å²) >= 11 is 0. The van der Waals surface area contributed by atoms with Crippen molar-refractivity contribution in [3.63, 3.8) is 0 Å². The van der Waals surface area contributed by atoms with Crippen LogP contribution in [0.1, 0.15) is 20.7 Å². The molecule has 0 unspecified atom stereocenters. The standard InChI is InChI=1S/C23H20N2O3/c26-21-15-9-3-8-14-20(21)25(23(28)19-12-6-2-7-13-19)17-16-24-22(27)18-10-4-1-5-11-18/h1-15H,16-17H2,(H,24,27). The van der Waals surface area contributed by atoms with Crippen LogP contribution in [-0.4, -0.2) is 24.9 Å². The lowest BCUT2D eigenvalue weighted by molar-refractivity contribution is 0.0943. The maximum Gasteiger partial charge on any atom is 0.258 e. The molecule has 2 amide bonds. The van der Waals surface area contributed by atoms with Crippen molar-refractivity contribution in [1.82, 2.24) is 5.32 Å². The third kappa shape index (κ3) is 4.71. The first-order valence-electron chi connectivity index (χ1n) is 8.96. The molecule has 0 aliphatic heterocycles. The van der Waals surface area contributed by atoms with Crippen LogP contribution >= 0.6 is 0 Å².